The summed E-state index contributed by atoms with van der Waals surface area (Å²) >= 11 is 1.79. The molecule has 1 aliphatic heterocycles. The summed E-state index contributed by atoms with van der Waals surface area (Å²) in [5, 5.41) is 6.89. The predicted molar refractivity (Wildman–Crippen MR) is 63.2 cm³/mol. The molecule has 0 spiro atoms. The van der Waals surface area contributed by atoms with E-state index in [-0.39, 0.29) is 17.0 Å². The van der Waals surface area contributed by atoms with Gasteiger partial charge in [0.15, 0.2) is 0 Å². The lowest BCUT2D eigenvalue weighted by Crippen LogP contribution is -3.00. The van der Waals surface area contributed by atoms with Gasteiger partial charge < -0.3 is 17.0 Å². The Morgan fingerprint density at radius 1 is 1.25 bits per heavy atom. The van der Waals surface area contributed by atoms with E-state index in [1.165, 1.54) is 22.0 Å². The number of benzene rings is 1. The van der Waals surface area contributed by atoms with Gasteiger partial charge in [-0.25, -0.2) is 4.57 Å². The average Bonchev–Trinajstić information content (AvgIpc) is 2.80. The number of nitrogens with zero attached hydrogens (tertiary/aromatic N) is 1. The predicted octanol–water partition coefficient (Wildman–Crippen LogP) is -0.559. The number of thiazole rings is 1. The van der Waals surface area contributed by atoms with Crippen molar-refractivity contribution >= 4 is 16.5 Å². The van der Waals surface area contributed by atoms with E-state index in [1.807, 2.05) is 0 Å². The zero-order valence-electron chi connectivity index (χ0n) is 9.03. The molecule has 0 atom stereocenters. The molecule has 1 aromatic carbocycles. The molecule has 2 aromatic rings. The Hall–Kier alpha value is -0.870. The van der Waals surface area contributed by atoms with Crippen LogP contribution in [0.5, 0.6) is 0 Å². The molecule has 0 fully saturated rings. The average molecular weight is 297 g/mol. The third-order valence-electron chi connectivity index (χ3n) is 2.78. The van der Waals surface area contributed by atoms with Crippen molar-refractivity contribution in [1.82, 2.24) is 0 Å². The molecule has 84 valence electrons. The Labute approximate surface area is 110 Å². The zero-order chi connectivity index (χ0) is 10.3. The van der Waals surface area contributed by atoms with Crippen LogP contribution in [-0.4, -0.2) is 6.54 Å². The second-order valence-electron chi connectivity index (χ2n) is 3.87. The molecule has 0 aliphatic carbocycles. The lowest BCUT2D eigenvalue weighted by atomic mass is 10.1. The van der Waals surface area contributed by atoms with Crippen LogP contribution in [0, 0.1) is 6.92 Å². The van der Waals surface area contributed by atoms with Crippen molar-refractivity contribution < 1.29 is 21.5 Å². The number of rotatable bonds is 1. The fourth-order valence-corrected chi connectivity index (χ4v) is 2.92. The molecule has 1 aromatic heterocycles. The van der Waals surface area contributed by atoms with Crippen molar-refractivity contribution in [2.45, 2.75) is 13.5 Å². The van der Waals surface area contributed by atoms with Crippen LogP contribution in [0.15, 0.2) is 29.6 Å². The minimum atomic E-state index is 0. The maximum atomic E-state index is 3.38. The van der Waals surface area contributed by atoms with Crippen LogP contribution in [0.3, 0.4) is 0 Å². The Kier molecular flexibility index (Phi) is 3.30. The summed E-state index contributed by atoms with van der Waals surface area (Å²) < 4.78 is 2.36. The molecule has 0 saturated carbocycles. The highest BCUT2D eigenvalue weighted by atomic mass is 79.9. The summed E-state index contributed by atoms with van der Waals surface area (Å²) in [5.41, 5.74) is 3.96. The van der Waals surface area contributed by atoms with Gasteiger partial charge in [-0.1, -0.05) is 41.2 Å². The summed E-state index contributed by atoms with van der Waals surface area (Å²) in [7, 11) is 0. The molecule has 16 heavy (non-hydrogen) atoms. The molecule has 1 N–H and O–H groups in total. The Morgan fingerprint density at radius 3 is 2.75 bits per heavy atom. The van der Waals surface area contributed by atoms with Crippen molar-refractivity contribution in [3.05, 3.63) is 35.2 Å². The first kappa shape index (κ1) is 11.6. The Morgan fingerprint density at radius 2 is 2.00 bits per heavy atom. The van der Waals surface area contributed by atoms with Gasteiger partial charge in [-0.3, -0.25) is 5.32 Å². The summed E-state index contributed by atoms with van der Waals surface area (Å²) in [6, 6.07) is 8.73. The highest BCUT2D eigenvalue weighted by Gasteiger charge is 2.23. The first-order chi connectivity index (χ1) is 7.34. The van der Waals surface area contributed by atoms with Crippen molar-refractivity contribution in [2.75, 3.05) is 11.9 Å². The van der Waals surface area contributed by atoms with Crippen LogP contribution in [0.2, 0.25) is 0 Å². The number of hydrogen-bond donors (Lipinski definition) is 1. The Balaban J connectivity index is 0.000000963. The Bertz CT molecular complexity index is 490. The van der Waals surface area contributed by atoms with Crippen LogP contribution < -0.4 is 26.9 Å². The normalized spacial score (nSPS) is 12.8. The van der Waals surface area contributed by atoms with Gasteiger partial charge in [0.2, 0.25) is 0 Å². The van der Waals surface area contributed by atoms with E-state index in [9.17, 15) is 0 Å². The highest BCUT2D eigenvalue weighted by molar-refractivity contribution is 7.13. The van der Waals surface area contributed by atoms with Gasteiger partial charge in [0.05, 0.1) is 0 Å². The van der Waals surface area contributed by atoms with Crippen molar-refractivity contribution in [1.29, 1.82) is 0 Å². The first-order valence-electron chi connectivity index (χ1n) is 5.17. The standard InChI is InChI=1S/C12H12N2S.BrH/c1-9-2-4-10(5-3-9)11-8-15-12-13-6-7-14(11)12;/h2-5,8H,6-7H2,1H3;1H. The summed E-state index contributed by atoms with van der Waals surface area (Å²) in [6.45, 7) is 4.27. The lowest BCUT2D eigenvalue weighted by molar-refractivity contribution is -0.655. The minimum Gasteiger partial charge on any atom is -1.00 e. The molecule has 0 radical (unpaired) electrons. The van der Waals surface area contributed by atoms with Crippen LogP contribution >= 0.6 is 11.3 Å². The maximum absolute atomic E-state index is 3.38. The molecule has 4 heteroatoms. The van der Waals surface area contributed by atoms with Gasteiger partial charge in [0, 0.05) is 10.9 Å². The zero-order valence-corrected chi connectivity index (χ0v) is 11.4. The highest BCUT2D eigenvalue weighted by Crippen LogP contribution is 2.25. The van der Waals surface area contributed by atoms with Gasteiger partial charge in [-0.15, -0.1) is 0 Å². The molecule has 2 heterocycles. The number of fused-ring (bicyclic) bond motifs is 1. The van der Waals surface area contributed by atoms with Crippen LogP contribution in [0.25, 0.3) is 11.3 Å². The molecule has 2 nitrogen and oxygen atoms in total. The van der Waals surface area contributed by atoms with E-state index in [2.05, 4.69) is 46.5 Å². The van der Waals surface area contributed by atoms with E-state index in [4.69, 9.17) is 0 Å². The van der Waals surface area contributed by atoms with Gasteiger partial charge in [0.1, 0.15) is 18.8 Å². The molecular formula is C12H13BrN2S. The molecule has 0 unspecified atom stereocenters. The van der Waals surface area contributed by atoms with E-state index in [0.29, 0.717) is 0 Å². The number of nitrogens with one attached hydrogen (secondary N) is 1. The molecule has 3 rings (SSSR count). The van der Waals surface area contributed by atoms with Crippen LogP contribution in [0.4, 0.5) is 5.13 Å². The number of aromatic nitrogens is 1. The quantitative estimate of drug-likeness (QED) is 0.698. The third-order valence-corrected chi connectivity index (χ3v) is 3.71. The third kappa shape index (κ3) is 1.87. The summed E-state index contributed by atoms with van der Waals surface area (Å²) in [5.74, 6) is 0. The monoisotopic (exact) mass is 296 g/mol. The SMILES string of the molecule is Cc1ccc(-c2csc3[n+]2CCN3)cc1.[Br-]. The number of anilines is 1. The van der Waals surface area contributed by atoms with Crippen LogP contribution in [-0.2, 0) is 6.54 Å². The molecule has 0 bridgehead atoms. The summed E-state index contributed by atoms with van der Waals surface area (Å²) in [4.78, 5) is 0. The van der Waals surface area contributed by atoms with Gasteiger partial charge in [-0.05, 0) is 6.92 Å². The smallest absolute Gasteiger partial charge is 0.334 e. The number of aryl methyl sites for hydroxylation is 1. The van der Waals surface area contributed by atoms with E-state index in [0.717, 1.165) is 13.1 Å². The van der Waals surface area contributed by atoms with Crippen molar-refractivity contribution in [3.63, 3.8) is 0 Å². The second-order valence-corrected chi connectivity index (χ2v) is 4.73. The molecule has 0 amide bonds. The van der Waals surface area contributed by atoms with Gasteiger partial charge in [-0.2, -0.15) is 0 Å². The topological polar surface area (TPSA) is 15.9 Å². The largest absolute Gasteiger partial charge is 1.00 e. The van der Waals surface area contributed by atoms with Crippen molar-refractivity contribution in [3.8, 4) is 11.3 Å². The fraction of sp³-hybridized carbons (Fsp3) is 0.250. The first-order valence-corrected chi connectivity index (χ1v) is 6.05. The maximum Gasteiger partial charge on any atom is 0.334 e. The molecule has 1 aliphatic rings. The van der Waals surface area contributed by atoms with E-state index < -0.39 is 0 Å². The number of halogens is 1. The molecular weight excluding hydrogens is 284 g/mol. The second kappa shape index (κ2) is 4.55. The lowest BCUT2D eigenvalue weighted by Gasteiger charge is -1.99. The summed E-state index contributed by atoms with van der Waals surface area (Å²) in [6.07, 6.45) is 0. The number of hydrogen-bond acceptors (Lipinski definition) is 2. The molecule has 0 saturated heterocycles. The van der Waals surface area contributed by atoms with Gasteiger partial charge in [0.25, 0.3) is 0 Å². The van der Waals surface area contributed by atoms with E-state index in [1.54, 1.807) is 11.3 Å². The minimum absolute atomic E-state index is 0. The van der Waals surface area contributed by atoms with E-state index >= 15 is 0 Å². The van der Waals surface area contributed by atoms with Crippen LogP contribution in [0.1, 0.15) is 5.56 Å². The fourth-order valence-electron chi connectivity index (χ4n) is 1.93. The van der Waals surface area contributed by atoms with Crippen molar-refractivity contribution in [2.24, 2.45) is 0 Å². The van der Waals surface area contributed by atoms with Gasteiger partial charge >= 0.3 is 5.13 Å².